The number of halogens is 2. The highest BCUT2D eigenvalue weighted by Gasteiger charge is 2.03. The molecule has 122 valence electrons. The smallest absolute Gasteiger partial charge is 0.0620 e. The average Bonchev–Trinajstić information content (AvgIpc) is 3.19. The summed E-state index contributed by atoms with van der Waals surface area (Å²) in [6.07, 6.45) is 1.66. The first-order valence-corrected chi connectivity index (χ1v) is 10.1. The van der Waals surface area contributed by atoms with Gasteiger partial charge in [-0.15, -0.1) is 5.10 Å². The molecule has 5 heteroatoms. The Morgan fingerprint density at radius 3 is 2.24 bits per heavy atom. The van der Waals surface area contributed by atoms with Gasteiger partial charge < -0.3 is 0 Å². The van der Waals surface area contributed by atoms with Gasteiger partial charge in [0, 0.05) is 14.3 Å². The first kappa shape index (κ1) is 16.6. The van der Waals surface area contributed by atoms with Crippen molar-refractivity contribution >= 4 is 75.7 Å². The Balaban J connectivity index is 0.000000272. The molecule has 5 rings (SSSR count). The fourth-order valence-electron chi connectivity index (χ4n) is 2.84. The quantitative estimate of drug-likeness (QED) is 0.223. The van der Waals surface area contributed by atoms with Crippen LogP contribution in [0.4, 0.5) is 0 Å². The fraction of sp³-hybridized carbons (Fsp3) is 0. The van der Waals surface area contributed by atoms with E-state index in [9.17, 15) is 0 Å². The molecule has 0 amide bonds. The molecule has 0 spiro atoms. The van der Waals surface area contributed by atoms with Crippen molar-refractivity contribution in [2.75, 3.05) is 0 Å². The summed E-state index contributed by atoms with van der Waals surface area (Å²) in [5.74, 6) is 0. The predicted molar refractivity (Wildman–Crippen MR) is 114 cm³/mol. The molecule has 0 radical (unpaired) electrons. The van der Waals surface area contributed by atoms with Gasteiger partial charge in [0.15, 0.2) is 0 Å². The third-order valence-corrected chi connectivity index (χ3v) is 5.60. The highest BCUT2D eigenvalue weighted by atomic mass is 79.9. The monoisotopic (exact) mass is 470 g/mol. The van der Waals surface area contributed by atoms with Crippen molar-refractivity contribution in [3.63, 3.8) is 0 Å². The van der Waals surface area contributed by atoms with E-state index in [4.69, 9.17) is 0 Å². The summed E-state index contributed by atoms with van der Waals surface area (Å²) in [5, 5.41) is 12.9. The van der Waals surface area contributed by atoms with Crippen molar-refractivity contribution in [2.45, 2.75) is 0 Å². The van der Waals surface area contributed by atoms with Crippen LogP contribution in [0.1, 0.15) is 0 Å². The molecule has 0 atom stereocenters. The second-order valence-electron chi connectivity index (χ2n) is 5.59. The summed E-state index contributed by atoms with van der Waals surface area (Å²) in [5.41, 5.74) is 0. The third kappa shape index (κ3) is 3.59. The van der Waals surface area contributed by atoms with Crippen molar-refractivity contribution in [3.05, 3.63) is 81.2 Å². The van der Waals surface area contributed by atoms with E-state index in [1.807, 2.05) is 5.38 Å². The van der Waals surface area contributed by atoms with Gasteiger partial charge in [-0.3, -0.25) is 0 Å². The lowest BCUT2D eigenvalue weighted by molar-refractivity contribution is 1.16. The Kier molecular flexibility index (Phi) is 4.79. The Morgan fingerprint density at radius 2 is 1.48 bits per heavy atom. The van der Waals surface area contributed by atoms with Gasteiger partial charge >= 0.3 is 0 Å². The molecule has 0 saturated heterocycles. The van der Waals surface area contributed by atoms with Crippen molar-refractivity contribution in [1.29, 1.82) is 0 Å². The highest BCUT2D eigenvalue weighted by Crippen LogP contribution is 2.31. The van der Waals surface area contributed by atoms with Crippen molar-refractivity contribution < 1.29 is 0 Å². The average molecular weight is 472 g/mol. The van der Waals surface area contributed by atoms with Crippen molar-refractivity contribution in [3.8, 4) is 0 Å². The van der Waals surface area contributed by atoms with E-state index in [0.29, 0.717) is 0 Å². The molecule has 25 heavy (non-hydrogen) atoms. The summed E-state index contributed by atoms with van der Waals surface area (Å²) < 4.78 is 5.78. The molecule has 1 aromatic heterocycles. The van der Waals surface area contributed by atoms with Gasteiger partial charge in [0.2, 0.25) is 0 Å². The normalized spacial score (nSPS) is 10.8. The summed E-state index contributed by atoms with van der Waals surface area (Å²) in [6.45, 7) is 0. The molecule has 4 aromatic carbocycles. The van der Waals surface area contributed by atoms with Crippen LogP contribution in [0.2, 0.25) is 0 Å². The summed E-state index contributed by atoms with van der Waals surface area (Å²) in [6, 6.07) is 21.8. The second-order valence-corrected chi connectivity index (χ2v) is 8.01. The third-order valence-electron chi connectivity index (χ3n) is 3.98. The molecule has 2 nitrogen and oxygen atoms in total. The van der Waals surface area contributed by atoms with E-state index >= 15 is 0 Å². The molecule has 0 N–H and O–H groups in total. The standard InChI is InChI=1S/C18H10Br2.C2H2N2S/c19-16-5-4-11-6-15-10-17-12(2-1-3-18(17)20)7-13(15)8-14(11)9-16;1-2-5-4-3-1/h1-10H;1-2H. The van der Waals surface area contributed by atoms with Crippen LogP contribution < -0.4 is 0 Å². The van der Waals surface area contributed by atoms with Crippen LogP contribution in [-0.4, -0.2) is 9.59 Å². The lowest BCUT2D eigenvalue weighted by Crippen LogP contribution is -1.80. The van der Waals surface area contributed by atoms with Gasteiger partial charge in [0.25, 0.3) is 0 Å². The highest BCUT2D eigenvalue weighted by molar-refractivity contribution is 9.11. The topological polar surface area (TPSA) is 25.8 Å². The molecule has 1 heterocycles. The maximum absolute atomic E-state index is 3.64. The molecule has 0 unspecified atom stereocenters. The van der Waals surface area contributed by atoms with Crippen LogP contribution in [0.25, 0.3) is 32.3 Å². The number of nitrogens with zero attached hydrogens (tertiary/aromatic N) is 2. The van der Waals surface area contributed by atoms with E-state index < -0.39 is 0 Å². The summed E-state index contributed by atoms with van der Waals surface area (Å²) in [7, 11) is 0. The summed E-state index contributed by atoms with van der Waals surface area (Å²) >= 11 is 8.53. The Hall–Kier alpha value is -1.82. The van der Waals surface area contributed by atoms with E-state index in [-0.39, 0.29) is 0 Å². The summed E-state index contributed by atoms with van der Waals surface area (Å²) in [4.78, 5) is 0. The zero-order valence-corrected chi connectivity index (χ0v) is 17.0. The van der Waals surface area contributed by atoms with Crippen LogP contribution in [0, 0.1) is 0 Å². The Bertz CT molecular complexity index is 1140. The second kappa shape index (κ2) is 7.20. The lowest BCUT2D eigenvalue weighted by Gasteiger charge is -2.06. The minimum Gasteiger partial charge on any atom is -0.147 e. The van der Waals surface area contributed by atoms with E-state index in [1.165, 1.54) is 43.8 Å². The van der Waals surface area contributed by atoms with Crippen LogP contribution in [0.3, 0.4) is 0 Å². The molecule has 0 fully saturated rings. The van der Waals surface area contributed by atoms with Gasteiger partial charge in [-0.25, -0.2) is 0 Å². The lowest BCUT2D eigenvalue weighted by atomic mass is 10.00. The maximum atomic E-state index is 3.64. The number of rotatable bonds is 0. The van der Waals surface area contributed by atoms with E-state index in [0.717, 1.165) is 8.95 Å². The molecule has 5 aromatic rings. The number of benzene rings is 4. The minimum absolute atomic E-state index is 1.12. The number of fused-ring (bicyclic) bond motifs is 3. The van der Waals surface area contributed by atoms with Crippen LogP contribution in [0.15, 0.2) is 81.2 Å². The zero-order chi connectivity index (χ0) is 17.2. The van der Waals surface area contributed by atoms with Gasteiger partial charge in [-0.05, 0) is 86.3 Å². The van der Waals surface area contributed by atoms with Gasteiger partial charge in [-0.2, -0.15) is 0 Å². The van der Waals surface area contributed by atoms with Gasteiger partial charge in [0.05, 0.1) is 6.20 Å². The molecule has 0 aliphatic rings. The molecule has 0 bridgehead atoms. The molecule has 0 saturated carbocycles. The molecular formula is C20H12Br2N2S. The number of aromatic nitrogens is 2. The number of hydrogen-bond acceptors (Lipinski definition) is 3. The van der Waals surface area contributed by atoms with E-state index in [2.05, 4.69) is 102 Å². The first-order valence-electron chi connectivity index (χ1n) is 7.63. The van der Waals surface area contributed by atoms with E-state index in [1.54, 1.807) is 6.20 Å². The van der Waals surface area contributed by atoms with Crippen LogP contribution in [-0.2, 0) is 0 Å². The molecular weight excluding hydrogens is 460 g/mol. The first-order chi connectivity index (χ1) is 12.2. The SMILES string of the molecule is Brc1ccc2cc3cc4c(Br)cccc4cc3cc2c1.c1csnn1. The number of hydrogen-bond donors (Lipinski definition) is 0. The Labute approximate surface area is 165 Å². The fourth-order valence-corrected chi connectivity index (χ4v) is 3.99. The van der Waals surface area contributed by atoms with Crippen LogP contribution in [0.5, 0.6) is 0 Å². The van der Waals surface area contributed by atoms with Crippen molar-refractivity contribution in [1.82, 2.24) is 9.59 Å². The predicted octanol–water partition coefficient (Wildman–Crippen LogP) is 7.21. The Morgan fingerprint density at radius 1 is 0.720 bits per heavy atom. The molecule has 0 aliphatic heterocycles. The van der Waals surface area contributed by atoms with Crippen molar-refractivity contribution in [2.24, 2.45) is 0 Å². The van der Waals surface area contributed by atoms with Crippen LogP contribution >= 0.6 is 43.4 Å². The largest absolute Gasteiger partial charge is 0.147 e. The van der Waals surface area contributed by atoms with Gasteiger partial charge in [0.1, 0.15) is 0 Å². The zero-order valence-electron chi connectivity index (χ0n) is 13.0. The van der Waals surface area contributed by atoms with Gasteiger partial charge in [-0.1, -0.05) is 54.5 Å². The maximum Gasteiger partial charge on any atom is 0.0620 e. The minimum atomic E-state index is 1.12. The molecule has 0 aliphatic carbocycles.